The van der Waals surface area contributed by atoms with Gasteiger partial charge in [0.25, 0.3) is 0 Å². The number of amides is 1. The molecule has 0 atom stereocenters. The Morgan fingerprint density at radius 1 is 1.00 bits per heavy atom. The summed E-state index contributed by atoms with van der Waals surface area (Å²) in [6.07, 6.45) is 0.381. The SMILES string of the molecule is Cc1ccc(S(=O)(=O)Cc2noc(CCC(=O)Nc3c(C)cc(C)cc3C)n2)cc1. The van der Waals surface area contributed by atoms with E-state index in [1.165, 1.54) is 0 Å². The fourth-order valence-electron chi connectivity index (χ4n) is 3.25. The van der Waals surface area contributed by atoms with E-state index in [4.69, 9.17) is 4.52 Å². The maximum Gasteiger partial charge on any atom is 0.227 e. The van der Waals surface area contributed by atoms with Crippen LogP contribution >= 0.6 is 0 Å². The predicted octanol–water partition coefficient (Wildman–Crippen LogP) is 3.85. The Morgan fingerprint density at radius 3 is 2.27 bits per heavy atom. The van der Waals surface area contributed by atoms with Gasteiger partial charge in [-0.2, -0.15) is 4.98 Å². The summed E-state index contributed by atoms with van der Waals surface area (Å²) in [5.74, 6) is -0.210. The number of aryl methyl sites for hydroxylation is 5. The lowest BCUT2D eigenvalue weighted by molar-refractivity contribution is -0.116. The quantitative estimate of drug-likeness (QED) is 0.614. The van der Waals surface area contributed by atoms with Crippen molar-refractivity contribution in [2.24, 2.45) is 0 Å². The van der Waals surface area contributed by atoms with Gasteiger partial charge in [-0.15, -0.1) is 0 Å². The van der Waals surface area contributed by atoms with Gasteiger partial charge in [0.2, 0.25) is 11.8 Å². The minimum absolute atomic E-state index is 0.0798. The number of rotatable bonds is 7. The third-order valence-corrected chi connectivity index (χ3v) is 6.35. The number of sulfone groups is 1. The Kier molecular flexibility index (Phi) is 6.36. The highest BCUT2D eigenvalue weighted by Crippen LogP contribution is 2.22. The molecule has 0 unspecified atom stereocenters. The summed E-state index contributed by atoms with van der Waals surface area (Å²) in [6.45, 7) is 7.81. The van der Waals surface area contributed by atoms with Gasteiger partial charge in [-0.3, -0.25) is 4.79 Å². The average Bonchev–Trinajstić information content (AvgIpc) is 3.10. The molecule has 0 bridgehead atoms. The van der Waals surface area contributed by atoms with Crippen molar-refractivity contribution in [3.63, 3.8) is 0 Å². The van der Waals surface area contributed by atoms with Crippen LogP contribution in [0, 0.1) is 27.7 Å². The van der Waals surface area contributed by atoms with Crippen molar-refractivity contribution in [1.82, 2.24) is 10.1 Å². The molecule has 1 aromatic heterocycles. The molecule has 30 heavy (non-hydrogen) atoms. The molecule has 2 aromatic carbocycles. The van der Waals surface area contributed by atoms with Crippen LogP contribution in [-0.2, 0) is 26.8 Å². The van der Waals surface area contributed by atoms with Crippen LogP contribution in [0.3, 0.4) is 0 Å². The van der Waals surface area contributed by atoms with Crippen molar-refractivity contribution in [1.29, 1.82) is 0 Å². The van der Waals surface area contributed by atoms with Gasteiger partial charge in [-0.05, 0) is 51.0 Å². The second-order valence-electron chi connectivity index (χ2n) is 7.50. The summed E-state index contributed by atoms with van der Waals surface area (Å²) in [5, 5.41) is 6.67. The first-order valence-electron chi connectivity index (χ1n) is 9.62. The minimum atomic E-state index is -3.57. The molecule has 1 N–H and O–H groups in total. The predicted molar refractivity (Wildman–Crippen MR) is 114 cm³/mol. The lowest BCUT2D eigenvalue weighted by Gasteiger charge is -2.12. The van der Waals surface area contributed by atoms with Crippen molar-refractivity contribution in [2.75, 3.05) is 5.32 Å². The largest absolute Gasteiger partial charge is 0.339 e. The third kappa shape index (κ3) is 5.33. The molecular weight excluding hydrogens is 402 g/mol. The van der Waals surface area contributed by atoms with E-state index < -0.39 is 9.84 Å². The Labute approximate surface area is 176 Å². The van der Waals surface area contributed by atoms with E-state index in [2.05, 4.69) is 15.5 Å². The van der Waals surface area contributed by atoms with Crippen LogP contribution in [0.5, 0.6) is 0 Å². The van der Waals surface area contributed by atoms with Crippen LogP contribution in [0.25, 0.3) is 0 Å². The molecule has 8 heteroatoms. The molecule has 0 aliphatic carbocycles. The fraction of sp³-hybridized carbons (Fsp3) is 0.318. The lowest BCUT2D eigenvalue weighted by Crippen LogP contribution is -2.14. The van der Waals surface area contributed by atoms with Crippen molar-refractivity contribution >= 4 is 21.4 Å². The van der Waals surface area contributed by atoms with Crippen LogP contribution < -0.4 is 5.32 Å². The Hall–Kier alpha value is -3.00. The van der Waals surface area contributed by atoms with Crippen LogP contribution in [-0.4, -0.2) is 24.5 Å². The van der Waals surface area contributed by atoms with E-state index in [-0.39, 0.29) is 41.1 Å². The molecule has 0 spiro atoms. The summed E-state index contributed by atoms with van der Waals surface area (Å²) < 4.78 is 30.1. The molecule has 0 fully saturated rings. The summed E-state index contributed by atoms with van der Waals surface area (Å²) in [6, 6.07) is 10.6. The van der Waals surface area contributed by atoms with Crippen LogP contribution in [0.1, 0.15) is 40.4 Å². The highest BCUT2D eigenvalue weighted by molar-refractivity contribution is 7.90. The van der Waals surface area contributed by atoms with Crippen molar-refractivity contribution in [2.45, 2.75) is 51.2 Å². The van der Waals surface area contributed by atoms with Gasteiger partial charge in [0, 0.05) is 18.5 Å². The first kappa shape index (κ1) is 21.7. The number of nitrogens with zero attached hydrogens (tertiary/aromatic N) is 2. The Balaban J connectivity index is 1.59. The number of nitrogens with one attached hydrogen (secondary N) is 1. The maximum absolute atomic E-state index is 12.5. The average molecular weight is 428 g/mol. The van der Waals surface area contributed by atoms with E-state index in [1.807, 2.05) is 39.8 Å². The van der Waals surface area contributed by atoms with Gasteiger partial charge in [-0.25, -0.2) is 8.42 Å². The van der Waals surface area contributed by atoms with Crippen LogP contribution in [0.4, 0.5) is 5.69 Å². The topological polar surface area (TPSA) is 102 Å². The smallest absolute Gasteiger partial charge is 0.227 e. The molecule has 0 radical (unpaired) electrons. The molecule has 1 amide bonds. The summed E-state index contributed by atoms with van der Waals surface area (Å²) in [7, 11) is -3.57. The standard InChI is InChI=1S/C22H25N3O4S/c1-14-5-7-18(8-6-14)30(27,28)13-19-23-21(29-25-19)10-9-20(26)24-22-16(3)11-15(2)12-17(22)4/h5-8,11-12H,9-10,13H2,1-4H3,(H,24,26). The van der Waals surface area contributed by atoms with Crippen molar-refractivity contribution < 1.29 is 17.7 Å². The van der Waals surface area contributed by atoms with E-state index in [9.17, 15) is 13.2 Å². The molecule has 3 aromatic rings. The van der Waals surface area contributed by atoms with Gasteiger partial charge in [0.15, 0.2) is 15.7 Å². The number of aromatic nitrogens is 2. The second-order valence-corrected chi connectivity index (χ2v) is 9.49. The van der Waals surface area contributed by atoms with E-state index in [0.717, 1.165) is 27.9 Å². The monoisotopic (exact) mass is 427 g/mol. The molecule has 158 valence electrons. The van der Waals surface area contributed by atoms with Gasteiger partial charge >= 0.3 is 0 Å². The highest BCUT2D eigenvalue weighted by Gasteiger charge is 2.19. The highest BCUT2D eigenvalue weighted by atomic mass is 32.2. The third-order valence-electron chi connectivity index (χ3n) is 4.72. The second kappa shape index (κ2) is 8.79. The zero-order valence-electron chi connectivity index (χ0n) is 17.5. The Morgan fingerprint density at radius 2 is 1.63 bits per heavy atom. The molecule has 0 saturated carbocycles. The Bertz CT molecular complexity index is 1140. The molecule has 3 rings (SSSR count). The number of carbonyl (C=O) groups is 1. The van der Waals surface area contributed by atoms with Gasteiger partial charge < -0.3 is 9.84 Å². The first-order chi connectivity index (χ1) is 14.1. The molecular formula is C22H25N3O4S. The van der Waals surface area contributed by atoms with E-state index in [1.54, 1.807) is 24.3 Å². The van der Waals surface area contributed by atoms with Gasteiger partial charge in [0.05, 0.1) is 4.90 Å². The minimum Gasteiger partial charge on any atom is -0.339 e. The number of hydrogen-bond acceptors (Lipinski definition) is 6. The normalized spacial score (nSPS) is 11.5. The summed E-state index contributed by atoms with van der Waals surface area (Å²) in [5.41, 5.74) is 4.93. The number of hydrogen-bond donors (Lipinski definition) is 1. The fourth-order valence-corrected chi connectivity index (χ4v) is 4.42. The van der Waals surface area contributed by atoms with Crippen LogP contribution in [0.15, 0.2) is 45.8 Å². The zero-order chi connectivity index (χ0) is 21.9. The summed E-state index contributed by atoms with van der Waals surface area (Å²) >= 11 is 0. The van der Waals surface area contributed by atoms with Gasteiger partial charge in [0.1, 0.15) is 5.75 Å². The molecule has 0 saturated heterocycles. The number of carbonyl (C=O) groups excluding carboxylic acids is 1. The number of anilines is 1. The lowest BCUT2D eigenvalue weighted by atomic mass is 10.0. The maximum atomic E-state index is 12.5. The van der Waals surface area contributed by atoms with Gasteiger partial charge in [-0.1, -0.05) is 40.5 Å². The van der Waals surface area contributed by atoms with Crippen molar-refractivity contribution in [3.05, 3.63) is 70.4 Å². The molecule has 7 nitrogen and oxygen atoms in total. The van der Waals surface area contributed by atoms with E-state index >= 15 is 0 Å². The number of benzene rings is 2. The van der Waals surface area contributed by atoms with E-state index in [0.29, 0.717) is 0 Å². The van der Waals surface area contributed by atoms with Crippen LogP contribution in [0.2, 0.25) is 0 Å². The summed E-state index contributed by atoms with van der Waals surface area (Å²) in [4.78, 5) is 16.7. The van der Waals surface area contributed by atoms with Crippen molar-refractivity contribution in [3.8, 4) is 0 Å². The zero-order valence-corrected chi connectivity index (χ0v) is 18.3. The first-order valence-corrected chi connectivity index (χ1v) is 11.3. The molecule has 0 aliphatic rings. The molecule has 0 aliphatic heterocycles. The molecule has 1 heterocycles.